The average molecular weight is 452 g/mol. The van der Waals surface area contributed by atoms with Gasteiger partial charge < -0.3 is 19.3 Å². The predicted octanol–water partition coefficient (Wildman–Crippen LogP) is 7.06. The Morgan fingerprint density at radius 1 is 1.04 bits per heavy atom. The molecule has 1 unspecified atom stereocenters. The zero-order valence-corrected chi connectivity index (χ0v) is 20.6. The van der Waals surface area contributed by atoms with Gasteiger partial charge in [0.05, 0.1) is 12.0 Å². The van der Waals surface area contributed by atoms with Crippen LogP contribution in [0.3, 0.4) is 0 Å². The van der Waals surface area contributed by atoms with Gasteiger partial charge in [-0.2, -0.15) is 11.1 Å². The van der Waals surface area contributed by atoms with Crippen molar-refractivity contribution in [1.82, 2.24) is 0 Å². The number of fused-ring (bicyclic) bond motifs is 1. The molecule has 0 saturated carbocycles. The second-order valence-electron chi connectivity index (χ2n) is 6.11. The van der Waals surface area contributed by atoms with Gasteiger partial charge in [-0.25, -0.2) is 5.57 Å². The minimum absolute atomic E-state index is 0. The number of benzene rings is 1. The van der Waals surface area contributed by atoms with E-state index in [1.807, 2.05) is 18.2 Å². The van der Waals surface area contributed by atoms with E-state index in [-0.39, 0.29) is 14.9 Å². The molecule has 142 valence electrons. The summed E-state index contributed by atoms with van der Waals surface area (Å²) < 4.78 is 5.39. The van der Waals surface area contributed by atoms with Crippen LogP contribution in [0, 0.1) is 26.8 Å². The van der Waals surface area contributed by atoms with Crippen LogP contribution >= 0.6 is 0 Å². The van der Waals surface area contributed by atoms with Gasteiger partial charge >= 0.3 is 30.2 Å². The molecule has 1 aliphatic rings. The number of hydrogen-bond donors (Lipinski definition) is 0. The Morgan fingerprint density at radius 2 is 1.70 bits per heavy atom. The van der Waals surface area contributed by atoms with Crippen molar-refractivity contribution in [2.24, 2.45) is 5.92 Å². The number of allylic oxidation sites excluding steroid dienone is 4. The normalized spacial score (nSPS) is 14.8. The molecule has 3 heteroatoms. The third kappa shape index (κ3) is 6.09. The van der Waals surface area contributed by atoms with Crippen molar-refractivity contribution in [2.45, 2.75) is 27.7 Å². The van der Waals surface area contributed by atoms with Crippen LogP contribution < -0.4 is 0 Å². The first-order valence-corrected chi connectivity index (χ1v) is 12.5. The summed E-state index contributed by atoms with van der Waals surface area (Å²) in [6, 6.07) is 16.5. The van der Waals surface area contributed by atoms with Crippen LogP contribution in [0.2, 0.25) is 0 Å². The molecule has 1 aliphatic carbocycles. The first-order valence-electron chi connectivity index (χ1n) is 8.29. The average Bonchev–Trinajstić information content (AvgIpc) is 3.35. The summed E-state index contributed by atoms with van der Waals surface area (Å²) in [7, 11) is 0. The fourth-order valence-electron chi connectivity index (χ4n) is 2.96. The SMILES string of the molecule is CC1=[C-]C(C)C(C)=C1C.[CH3-].[CH3-].[Si]=[Zr].c1coc(-c2c[cH-]c3ccccc23)c1. The molecular formula is C24H28OSiZr-4. The monoisotopic (exact) mass is 450 g/mol. The number of rotatable bonds is 1. The Balaban J connectivity index is 0.000000460. The Bertz CT molecular complexity index is 884. The van der Waals surface area contributed by atoms with E-state index in [1.54, 1.807) is 6.26 Å². The van der Waals surface area contributed by atoms with Crippen molar-refractivity contribution in [2.75, 3.05) is 0 Å². The van der Waals surface area contributed by atoms with Crippen molar-refractivity contribution in [3.63, 3.8) is 0 Å². The molecule has 1 nitrogen and oxygen atoms in total. The van der Waals surface area contributed by atoms with Gasteiger partial charge in [-0.15, -0.1) is 48.0 Å². The van der Waals surface area contributed by atoms with Crippen LogP contribution in [0.1, 0.15) is 27.7 Å². The van der Waals surface area contributed by atoms with Gasteiger partial charge in [-0.05, 0) is 12.1 Å². The molecule has 2 radical (unpaired) electrons. The predicted molar refractivity (Wildman–Crippen MR) is 116 cm³/mol. The molecule has 4 rings (SSSR count). The minimum atomic E-state index is 0. The van der Waals surface area contributed by atoms with E-state index < -0.39 is 0 Å². The van der Waals surface area contributed by atoms with Gasteiger partial charge in [0.25, 0.3) is 0 Å². The van der Waals surface area contributed by atoms with Crippen molar-refractivity contribution in [1.29, 1.82) is 0 Å². The topological polar surface area (TPSA) is 13.1 Å². The van der Waals surface area contributed by atoms with E-state index in [0.29, 0.717) is 5.92 Å². The van der Waals surface area contributed by atoms with Gasteiger partial charge in [-0.3, -0.25) is 6.08 Å². The summed E-state index contributed by atoms with van der Waals surface area (Å²) >= 11 is 1.36. The molecule has 0 N–H and O–H groups in total. The van der Waals surface area contributed by atoms with Crippen molar-refractivity contribution >= 4 is 17.7 Å². The van der Waals surface area contributed by atoms with Gasteiger partial charge in [0.1, 0.15) is 0 Å². The molecule has 0 amide bonds. The molecule has 1 atom stereocenters. The standard InChI is InChI=1S/C13H9O.C9H13.2CH3.Si.Zr/c1-2-5-11-10(4-1)7-8-12(11)13-6-3-9-14-13;1-6-5-7(2)9(4)8(6)3;;;;/h1-9H;6H,1-4H3;2*1H3;;/q4*-1;;. The van der Waals surface area contributed by atoms with Crippen LogP contribution in [0.5, 0.6) is 0 Å². The maximum Gasteiger partial charge on any atom is 0.0899 e. The van der Waals surface area contributed by atoms with E-state index in [2.05, 4.69) is 71.0 Å². The van der Waals surface area contributed by atoms with Crippen LogP contribution in [-0.4, -0.2) is 6.88 Å². The van der Waals surface area contributed by atoms with Crippen molar-refractivity contribution in [3.05, 3.63) is 92.4 Å². The van der Waals surface area contributed by atoms with E-state index in [4.69, 9.17) is 4.42 Å². The first kappa shape index (κ1) is 25.7. The zero-order chi connectivity index (χ0) is 18.4. The Kier molecular flexibility index (Phi) is 11.6. The third-order valence-electron chi connectivity index (χ3n) is 4.70. The second-order valence-corrected chi connectivity index (χ2v) is 6.11. The molecule has 3 aromatic rings. The Morgan fingerprint density at radius 3 is 2.19 bits per heavy atom. The van der Waals surface area contributed by atoms with Gasteiger partial charge in [0, 0.05) is 0 Å². The summed E-state index contributed by atoms with van der Waals surface area (Å²) in [5, 5.41) is 2.52. The van der Waals surface area contributed by atoms with Crippen LogP contribution in [0.4, 0.5) is 0 Å². The van der Waals surface area contributed by atoms with E-state index in [0.717, 1.165) is 5.76 Å². The summed E-state index contributed by atoms with van der Waals surface area (Å²) in [6.45, 7) is 11.7. The van der Waals surface area contributed by atoms with E-state index >= 15 is 0 Å². The first-order chi connectivity index (χ1) is 12.1. The van der Waals surface area contributed by atoms with E-state index in [1.165, 1.54) is 56.4 Å². The summed E-state index contributed by atoms with van der Waals surface area (Å²) in [6.07, 6.45) is 5.06. The summed E-state index contributed by atoms with van der Waals surface area (Å²) in [5.41, 5.74) is 5.42. The van der Waals surface area contributed by atoms with Gasteiger partial charge in [0.15, 0.2) is 0 Å². The number of furan rings is 1. The van der Waals surface area contributed by atoms with Gasteiger partial charge in [0.2, 0.25) is 0 Å². The van der Waals surface area contributed by atoms with Crippen LogP contribution in [0.15, 0.2) is 75.9 Å². The molecule has 0 saturated heterocycles. The fourth-order valence-corrected chi connectivity index (χ4v) is 2.96. The zero-order valence-electron chi connectivity index (χ0n) is 17.2. The van der Waals surface area contributed by atoms with Crippen LogP contribution in [0.25, 0.3) is 22.1 Å². The summed E-state index contributed by atoms with van der Waals surface area (Å²) in [5.74, 6) is 1.50. The largest absolute Gasteiger partial charge is 0.475 e. The molecule has 27 heavy (non-hydrogen) atoms. The molecule has 0 bridgehead atoms. The van der Waals surface area contributed by atoms with Crippen LogP contribution in [-0.2, 0) is 23.3 Å². The second kappa shape index (κ2) is 12.2. The summed E-state index contributed by atoms with van der Waals surface area (Å²) in [4.78, 5) is 0. The smallest absolute Gasteiger partial charge is 0.0899 e. The fraction of sp³-hybridized carbons (Fsp3) is 0.208. The van der Waals surface area contributed by atoms with Crippen molar-refractivity contribution < 1.29 is 27.8 Å². The minimum Gasteiger partial charge on any atom is -0.475 e. The molecular weight excluding hydrogens is 424 g/mol. The quantitative estimate of drug-likeness (QED) is 0.285. The molecule has 1 aromatic heterocycles. The maximum absolute atomic E-state index is 5.39. The molecule has 1 heterocycles. The maximum atomic E-state index is 5.39. The van der Waals surface area contributed by atoms with Crippen molar-refractivity contribution in [3.8, 4) is 11.3 Å². The van der Waals surface area contributed by atoms with Gasteiger partial charge in [-0.1, -0.05) is 38.3 Å². The molecule has 0 fully saturated rings. The molecule has 2 aromatic carbocycles. The molecule has 0 spiro atoms. The van der Waals surface area contributed by atoms with E-state index in [9.17, 15) is 0 Å². The third-order valence-corrected chi connectivity index (χ3v) is 4.70. The number of hydrogen-bond acceptors (Lipinski definition) is 1. The Hall–Kier alpha value is -1.31. The molecule has 0 aliphatic heterocycles. The Labute approximate surface area is 182 Å².